The zero-order valence-electron chi connectivity index (χ0n) is 9.05. The summed E-state index contributed by atoms with van der Waals surface area (Å²) >= 11 is 0. The molecular weight excluding hydrogens is 178 g/mol. The zero-order chi connectivity index (χ0) is 10.9. The minimum atomic E-state index is -0.305. The Hall–Kier alpha value is -1.51. The molecule has 0 bridgehead atoms. The minimum absolute atomic E-state index is 0.305. The second kappa shape index (κ2) is 3.70. The monoisotopic (exact) mass is 193 g/mol. The Morgan fingerprint density at radius 2 is 2.00 bits per heavy atom. The van der Waals surface area contributed by atoms with E-state index >= 15 is 0 Å². The van der Waals surface area contributed by atoms with Crippen molar-refractivity contribution in [3.05, 3.63) is 29.1 Å². The van der Waals surface area contributed by atoms with E-state index in [0.717, 1.165) is 17.0 Å². The molecule has 1 rings (SSSR count). The van der Waals surface area contributed by atoms with Gasteiger partial charge in [-0.25, -0.2) is 4.79 Å². The van der Waals surface area contributed by atoms with Crippen molar-refractivity contribution in [3.8, 4) is 0 Å². The number of rotatable bonds is 2. The summed E-state index contributed by atoms with van der Waals surface area (Å²) in [5, 5.41) is 0. The van der Waals surface area contributed by atoms with Crippen molar-refractivity contribution in [2.45, 2.75) is 13.8 Å². The number of carbonyl (C=O) groups excluding carboxylic acids is 1. The number of methoxy groups -OCH3 is 1. The van der Waals surface area contributed by atoms with Crippen molar-refractivity contribution in [3.63, 3.8) is 0 Å². The van der Waals surface area contributed by atoms with E-state index in [-0.39, 0.29) is 5.97 Å². The summed E-state index contributed by atoms with van der Waals surface area (Å²) in [5.74, 6) is -0.305. The largest absolute Gasteiger partial charge is 0.465 e. The molecule has 14 heavy (non-hydrogen) atoms. The Bertz CT molecular complexity index is 388. The summed E-state index contributed by atoms with van der Waals surface area (Å²) in [7, 11) is 3.31. The zero-order valence-corrected chi connectivity index (χ0v) is 9.05. The van der Waals surface area contributed by atoms with E-state index in [2.05, 4.69) is 6.58 Å². The fraction of sp³-hybridized carbons (Fsp3) is 0.364. The van der Waals surface area contributed by atoms with Crippen molar-refractivity contribution in [2.75, 3.05) is 7.11 Å². The van der Waals surface area contributed by atoms with Crippen molar-refractivity contribution < 1.29 is 9.53 Å². The lowest BCUT2D eigenvalue weighted by Crippen LogP contribution is -2.04. The van der Waals surface area contributed by atoms with Gasteiger partial charge in [0.15, 0.2) is 0 Å². The van der Waals surface area contributed by atoms with Gasteiger partial charge in [0.2, 0.25) is 0 Å². The molecule has 76 valence electrons. The lowest BCUT2D eigenvalue weighted by molar-refractivity contribution is 0.0599. The fourth-order valence-electron chi connectivity index (χ4n) is 1.59. The van der Waals surface area contributed by atoms with Gasteiger partial charge in [-0.15, -0.1) is 0 Å². The molecule has 0 saturated carbocycles. The van der Waals surface area contributed by atoms with E-state index in [1.807, 2.05) is 25.5 Å². The van der Waals surface area contributed by atoms with Crippen LogP contribution in [0.4, 0.5) is 0 Å². The van der Waals surface area contributed by atoms with Gasteiger partial charge in [-0.3, -0.25) is 0 Å². The Morgan fingerprint density at radius 3 is 2.43 bits per heavy atom. The van der Waals surface area contributed by atoms with Gasteiger partial charge in [0.1, 0.15) is 0 Å². The van der Waals surface area contributed by atoms with E-state index < -0.39 is 0 Å². The van der Waals surface area contributed by atoms with Crippen LogP contribution in [-0.4, -0.2) is 17.6 Å². The molecule has 0 aliphatic rings. The molecule has 0 atom stereocenters. The third kappa shape index (κ3) is 1.35. The molecule has 0 unspecified atom stereocenters. The normalized spacial score (nSPS) is 10.0. The molecular formula is C11H15NO2. The second-order valence-electron chi connectivity index (χ2n) is 3.21. The molecule has 0 aliphatic carbocycles. The van der Waals surface area contributed by atoms with Crippen LogP contribution < -0.4 is 0 Å². The van der Waals surface area contributed by atoms with Crippen LogP contribution in [0.3, 0.4) is 0 Å². The van der Waals surface area contributed by atoms with Crippen molar-refractivity contribution >= 4 is 12.0 Å². The predicted octanol–water partition coefficient (Wildman–Crippen LogP) is 2.07. The first-order valence-electron chi connectivity index (χ1n) is 4.41. The van der Waals surface area contributed by atoms with E-state index in [1.165, 1.54) is 7.11 Å². The van der Waals surface area contributed by atoms with E-state index in [1.54, 1.807) is 6.08 Å². The Labute approximate surface area is 84.0 Å². The highest BCUT2D eigenvalue weighted by Gasteiger charge is 2.19. The molecule has 0 radical (unpaired) electrons. The van der Waals surface area contributed by atoms with Gasteiger partial charge in [-0.2, -0.15) is 0 Å². The number of ether oxygens (including phenoxy) is 1. The first kappa shape index (κ1) is 10.6. The standard InChI is InChI=1S/C11H15NO2/c1-6-9-7(2)12(4)8(3)10(9)11(13)14-5/h6H,1H2,2-5H3. The predicted molar refractivity (Wildman–Crippen MR) is 56.3 cm³/mol. The smallest absolute Gasteiger partial charge is 0.340 e. The molecule has 3 heteroatoms. The summed E-state index contributed by atoms with van der Waals surface area (Å²) in [4.78, 5) is 11.5. The molecule has 3 nitrogen and oxygen atoms in total. The van der Waals surface area contributed by atoms with Gasteiger partial charge in [-0.05, 0) is 13.8 Å². The highest BCUT2D eigenvalue weighted by molar-refractivity contribution is 5.95. The van der Waals surface area contributed by atoms with Gasteiger partial charge in [-0.1, -0.05) is 12.7 Å². The van der Waals surface area contributed by atoms with E-state index in [4.69, 9.17) is 4.74 Å². The van der Waals surface area contributed by atoms with Gasteiger partial charge < -0.3 is 9.30 Å². The number of aromatic nitrogens is 1. The quantitative estimate of drug-likeness (QED) is 0.673. The maximum atomic E-state index is 11.5. The van der Waals surface area contributed by atoms with Crippen LogP contribution in [0.15, 0.2) is 6.58 Å². The highest BCUT2D eigenvalue weighted by atomic mass is 16.5. The molecule has 0 aromatic carbocycles. The second-order valence-corrected chi connectivity index (χ2v) is 3.21. The summed E-state index contributed by atoms with van der Waals surface area (Å²) in [6, 6.07) is 0. The van der Waals surface area contributed by atoms with Crippen LogP contribution in [0, 0.1) is 13.8 Å². The molecule has 0 N–H and O–H groups in total. The lowest BCUT2D eigenvalue weighted by atomic mass is 10.1. The van der Waals surface area contributed by atoms with Crippen LogP contribution in [0.5, 0.6) is 0 Å². The average molecular weight is 193 g/mol. The van der Waals surface area contributed by atoms with Crippen LogP contribution in [0.25, 0.3) is 6.08 Å². The Morgan fingerprint density at radius 1 is 1.43 bits per heavy atom. The summed E-state index contributed by atoms with van der Waals surface area (Å²) in [6.45, 7) is 7.55. The summed E-state index contributed by atoms with van der Waals surface area (Å²) < 4.78 is 6.69. The maximum absolute atomic E-state index is 11.5. The van der Waals surface area contributed by atoms with Crippen LogP contribution in [0.1, 0.15) is 27.3 Å². The number of hydrogen-bond donors (Lipinski definition) is 0. The highest BCUT2D eigenvalue weighted by Crippen LogP contribution is 2.22. The molecule has 0 aliphatic heterocycles. The van der Waals surface area contributed by atoms with Crippen molar-refractivity contribution in [1.29, 1.82) is 0 Å². The molecule has 0 spiro atoms. The Kier molecular flexibility index (Phi) is 2.79. The third-order valence-electron chi connectivity index (χ3n) is 2.62. The first-order valence-corrected chi connectivity index (χ1v) is 4.41. The number of esters is 1. The number of hydrogen-bond acceptors (Lipinski definition) is 2. The molecule has 0 saturated heterocycles. The minimum Gasteiger partial charge on any atom is -0.465 e. The van der Waals surface area contributed by atoms with Crippen LogP contribution in [-0.2, 0) is 11.8 Å². The van der Waals surface area contributed by atoms with Gasteiger partial charge in [0.25, 0.3) is 0 Å². The van der Waals surface area contributed by atoms with Crippen LogP contribution in [0.2, 0.25) is 0 Å². The molecule has 0 amide bonds. The van der Waals surface area contributed by atoms with Crippen molar-refractivity contribution in [2.24, 2.45) is 7.05 Å². The van der Waals surface area contributed by atoms with Gasteiger partial charge in [0.05, 0.1) is 12.7 Å². The number of nitrogens with zero attached hydrogens (tertiary/aromatic N) is 1. The van der Waals surface area contributed by atoms with Gasteiger partial charge in [0, 0.05) is 24.0 Å². The summed E-state index contributed by atoms with van der Waals surface area (Å²) in [6.07, 6.45) is 1.69. The number of carbonyl (C=O) groups is 1. The molecule has 1 heterocycles. The summed E-state index contributed by atoms with van der Waals surface area (Å²) in [5.41, 5.74) is 3.40. The third-order valence-corrected chi connectivity index (χ3v) is 2.62. The molecule has 0 fully saturated rings. The fourth-order valence-corrected chi connectivity index (χ4v) is 1.59. The van der Waals surface area contributed by atoms with Crippen LogP contribution >= 0.6 is 0 Å². The average Bonchev–Trinajstić information content (AvgIpc) is 2.41. The SMILES string of the molecule is C=Cc1c(C(=O)OC)c(C)n(C)c1C. The van der Waals surface area contributed by atoms with Gasteiger partial charge >= 0.3 is 5.97 Å². The van der Waals surface area contributed by atoms with Crippen molar-refractivity contribution in [1.82, 2.24) is 4.57 Å². The Balaban J connectivity index is 3.48. The molecule has 1 aromatic rings. The van der Waals surface area contributed by atoms with E-state index in [9.17, 15) is 4.79 Å². The lowest BCUT2D eigenvalue weighted by Gasteiger charge is -2.00. The molecule has 1 aromatic heterocycles. The topological polar surface area (TPSA) is 31.2 Å². The maximum Gasteiger partial charge on any atom is 0.340 e. The first-order chi connectivity index (χ1) is 6.54. The van der Waals surface area contributed by atoms with E-state index in [0.29, 0.717) is 5.56 Å².